The van der Waals surface area contributed by atoms with Crippen LogP contribution in [0, 0.1) is 0 Å². The second kappa shape index (κ2) is 13.5. The van der Waals surface area contributed by atoms with E-state index < -0.39 is 28.5 Å². The molecule has 3 rings (SSSR count). The average molecular weight is 504 g/mol. The third kappa shape index (κ3) is 7.71. The summed E-state index contributed by atoms with van der Waals surface area (Å²) in [6.45, 7) is 0.303. The van der Waals surface area contributed by atoms with Gasteiger partial charge < -0.3 is 16.4 Å². The summed E-state index contributed by atoms with van der Waals surface area (Å²) in [7, 11) is 0. The maximum atomic E-state index is 13.4. The quantitative estimate of drug-likeness (QED) is 0.213. The van der Waals surface area contributed by atoms with Gasteiger partial charge in [0.25, 0.3) is 11.8 Å². The van der Waals surface area contributed by atoms with E-state index in [-0.39, 0.29) is 6.42 Å². The molecule has 0 spiro atoms. The average Bonchev–Trinajstić information content (AvgIpc) is 2.91. The Morgan fingerprint density at radius 3 is 1.72 bits per heavy atom. The molecular formula is C29H33N3O3S. The molecule has 4 N–H and O–H groups in total. The first-order valence-electron chi connectivity index (χ1n) is 12.1. The second-order valence-electron chi connectivity index (χ2n) is 8.78. The fraction of sp³-hybridized carbons (Fsp3) is 0.276. The lowest BCUT2D eigenvalue weighted by Crippen LogP contribution is -2.67. The number of amides is 3. The maximum Gasteiger partial charge on any atom is 0.255 e. The van der Waals surface area contributed by atoms with Gasteiger partial charge in [0.2, 0.25) is 5.91 Å². The van der Waals surface area contributed by atoms with E-state index in [0.29, 0.717) is 32.2 Å². The first-order valence-corrected chi connectivity index (χ1v) is 12.6. The van der Waals surface area contributed by atoms with Crippen LogP contribution in [0.15, 0.2) is 91.0 Å². The van der Waals surface area contributed by atoms with Crippen molar-refractivity contribution in [1.82, 2.24) is 10.6 Å². The normalized spacial score (nSPS) is 13.2. The third-order valence-corrected chi connectivity index (χ3v) is 6.66. The Kier molecular flexibility index (Phi) is 10.1. The highest BCUT2D eigenvalue weighted by molar-refractivity contribution is 7.81. The molecule has 0 radical (unpaired) electrons. The summed E-state index contributed by atoms with van der Waals surface area (Å²) in [5.41, 5.74) is 6.96. The van der Waals surface area contributed by atoms with E-state index in [9.17, 15) is 14.4 Å². The zero-order chi connectivity index (χ0) is 25.8. The summed E-state index contributed by atoms with van der Waals surface area (Å²) in [5, 5.41) is 4.78. The molecule has 3 amide bonds. The molecule has 0 heterocycles. The molecule has 0 saturated heterocycles. The Morgan fingerprint density at radius 2 is 1.22 bits per heavy atom. The Labute approximate surface area is 218 Å². The van der Waals surface area contributed by atoms with Crippen LogP contribution >= 0.6 is 12.6 Å². The van der Waals surface area contributed by atoms with Crippen molar-refractivity contribution < 1.29 is 14.4 Å². The number of carbonyl (C=O) groups is 3. The van der Waals surface area contributed by atoms with Crippen LogP contribution in [0.1, 0.15) is 29.5 Å². The van der Waals surface area contributed by atoms with Crippen LogP contribution in [0.4, 0.5) is 0 Å². The van der Waals surface area contributed by atoms with Gasteiger partial charge in [0.05, 0.1) is 5.25 Å². The predicted molar refractivity (Wildman–Crippen MR) is 146 cm³/mol. The van der Waals surface area contributed by atoms with Crippen LogP contribution in [-0.4, -0.2) is 35.1 Å². The van der Waals surface area contributed by atoms with Crippen LogP contribution in [0.25, 0.3) is 0 Å². The van der Waals surface area contributed by atoms with Gasteiger partial charge >= 0.3 is 0 Å². The van der Waals surface area contributed by atoms with Crippen LogP contribution in [0.5, 0.6) is 0 Å². The van der Waals surface area contributed by atoms with Gasteiger partial charge in [0, 0.05) is 6.54 Å². The minimum Gasteiger partial charge on any atom is -0.367 e. The largest absolute Gasteiger partial charge is 0.367 e. The van der Waals surface area contributed by atoms with Gasteiger partial charge in [-0.05, 0) is 48.8 Å². The minimum atomic E-state index is -1.89. The predicted octanol–water partition coefficient (Wildman–Crippen LogP) is 3.25. The standard InChI is InChI=1S/C29H33N3O3S/c30-27(34)29(20-18-23-12-6-2-7-13-23,28(35)31-21-19-24-14-8-3-9-15-24)32-26(33)25(36)17-16-22-10-4-1-5-11-22/h1-15,25,36H,16-21H2,(H2,30,34)(H,31,35)(H,32,33)/t25-,29?/m0/s1. The van der Waals surface area contributed by atoms with Gasteiger partial charge in [0.1, 0.15) is 0 Å². The summed E-state index contributed by atoms with van der Waals surface area (Å²) in [6.07, 6.45) is 2.09. The molecule has 1 unspecified atom stereocenters. The number of aryl methyl sites for hydroxylation is 2. The fourth-order valence-electron chi connectivity index (χ4n) is 3.99. The summed E-state index contributed by atoms with van der Waals surface area (Å²) < 4.78 is 0. The second-order valence-corrected chi connectivity index (χ2v) is 9.40. The first kappa shape index (κ1) is 27.0. The van der Waals surface area contributed by atoms with Crippen molar-refractivity contribution >= 4 is 30.4 Å². The van der Waals surface area contributed by atoms with E-state index in [0.717, 1.165) is 16.7 Å². The molecule has 0 aliphatic carbocycles. The number of hydrogen-bond donors (Lipinski definition) is 4. The lowest BCUT2D eigenvalue weighted by Gasteiger charge is -2.31. The van der Waals surface area contributed by atoms with Crippen molar-refractivity contribution in [2.45, 2.75) is 42.9 Å². The number of rotatable bonds is 13. The van der Waals surface area contributed by atoms with Crippen LogP contribution in [0.2, 0.25) is 0 Å². The van der Waals surface area contributed by atoms with Crippen molar-refractivity contribution in [2.24, 2.45) is 5.73 Å². The summed E-state index contributed by atoms with van der Waals surface area (Å²) in [5.74, 6) is -2.01. The summed E-state index contributed by atoms with van der Waals surface area (Å²) in [6, 6.07) is 28.9. The van der Waals surface area contributed by atoms with Crippen molar-refractivity contribution in [3.8, 4) is 0 Å². The van der Waals surface area contributed by atoms with E-state index in [4.69, 9.17) is 5.73 Å². The topological polar surface area (TPSA) is 101 Å². The Hall–Kier alpha value is -3.58. The molecule has 0 bridgehead atoms. The molecule has 0 aliphatic rings. The molecule has 36 heavy (non-hydrogen) atoms. The lowest BCUT2D eigenvalue weighted by molar-refractivity contribution is -0.142. The lowest BCUT2D eigenvalue weighted by atomic mass is 9.88. The highest BCUT2D eigenvalue weighted by Crippen LogP contribution is 2.18. The van der Waals surface area contributed by atoms with Crippen molar-refractivity contribution in [1.29, 1.82) is 0 Å². The van der Waals surface area contributed by atoms with Crippen molar-refractivity contribution in [3.63, 3.8) is 0 Å². The smallest absolute Gasteiger partial charge is 0.255 e. The molecule has 0 saturated carbocycles. The molecular weight excluding hydrogens is 470 g/mol. The SMILES string of the molecule is NC(=O)C(CCc1ccccc1)(NC(=O)[C@@H](S)CCc1ccccc1)C(=O)NCCc1ccccc1. The Balaban J connectivity index is 1.72. The highest BCUT2D eigenvalue weighted by Gasteiger charge is 2.46. The number of benzene rings is 3. The zero-order valence-corrected chi connectivity index (χ0v) is 21.1. The Morgan fingerprint density at radius 1 is 0.750 bits per heavy atom. The monoisotopic (exact) mass is 503 g/mol. The number of thiol groups is 1. The van der Waals surface area contributed by atoms with Gasteiger partial charge in [-0.25, -0.2) is 0 Å². The highest BCUT2D eigenvalue weighted by atomic mass is 32.1. The molecule has 3 aromatic carbocycles. The van der Waals surface area contributed by atoms with E-state index >= 15 is 0 Å². The molecule has 188 valence electrons. The number of nitrogens with two attached hydrogens (primary N) is 1. The third-order valence-electron chi connectivity index (χ3n) is 6.17. The molecule has 3 aromatic rings. The molecule has 7 heteroatoms. The van der Waals surface area contributed by atoms with Gasteiger partial charge in [-0.2, -0.15) is 12.6 Å². The number of carbonyl (C=O) groups excluding carboxylic acids is 3. The van der Waals surface area contributed by atoms with Gasteiger partial charge in [-0.1, -0.05) is 91.0 Å². The van der Waals surface area contributed by atoms with E-state index in [1.165, 1.54) is 0 Å². The van der Waals surface area contributed by atoms with Gasteiger partial charge in [-0.15, -0.1) is 0 Å². The molecule has 0 aliphatic heterocycles. The Bertz CT molecular complexity index is 1130. The minimum absolute atomic E-state index is 0.0362. The van der Waals surface area contributed by atoms with E-state index in [1.807, 2.05) is 91.0 Å². The van der Waals surface area contributed by atoms with Crippen molar-refractivity contribution in [2.75, 3.05) is 6.54 Å². The molecule has 2 atom stereocenters. The van der Waals surface area contributed by atoms with Gasteiger partial charge in [0.15, 0.2) is 5.54 Å². The van der Waals surface area contributed by atoms with Gasteiger partial charge in [-0.3, -0.25) is 14.4 Å². The first-order chi connectivity index (χ1) is 17.4. The number of nitrogens with one attached hydrogen (secondary N) is 2. The summed E-state index contributed by atoms with van der Waals surface area (Å²) in [4.78, 5) is 39.3. The maximum absolute atomic E-state index is 13.4. The molecule has 6 nitrogen and oxygen atoms in total. The molecule has 0 fully saturated rings. The number of hydrogen-bond acceptors (Lipinski definition) is 4. The van der Waals surface area contributed by atoms with Crippen LogP contribution in [-0.2, 0) is 33.6 Å². The zero-order valence-electron chi connectivity index (χ0n) is 20.2. The summed E-state index contributed by atoms with van der Waals surface area (Å²) >= 11 is 4.46. The number of primary amides is 1. The van der Waals surface area contributed by atoms with Crippen molar-refractivity contribution in [3.05, 3.63) is 108 Å². The van der Waals surface area contributed by atoms with Crippen LogP contribution in [0.3, 0.4) is 0 Å². The van der Waals surface area contributed by atoms with E-state index in [1.54, 1.807) is 0 Å². The molecule has 0 aromatic heterocycles. The van der Waals surface area contributed by atoms with Crippen LogP contribution < -0.4 is 16.4 Å². The van der Waals surface area contributed by atoms with E-state index in [2.05, 4.69) is 23.3 Å². The fourth-order valence-corrected chi connectivity index (χ4v) is 4.19.